The molecule has 98 valence electrons. The van der Waals surface area contributed by atoms with Gasteiger partial charge in [0.2, 0.25) is 0 Å². The average Bonchev–Trinajstić information content (AvgIpc) is 2.39. The van der Waals surface area contributed by atoms with Crippen LogP contribution in [0.3, 0.4) is 0 Å². The molecule has 4 nitrogen and oxygen atoms in total. The summed E-state index contributed by atoms with van der Waals surface area (Å²) in [6.07, 6.45) is 3.70. The molecule has 5 heteroatoms. The SMILES string of the molecule is C=C1CCN(C2(C#N)CCN(B(C)O)CC2)CC1. The fourth-order valence-electron chi connectivity index (χ4n) is 3.02. The van der Waals surface area contributed by atoms with Crippen molar-refractivity contribution in [2.75, 3.05) is 26.2 Å². The minimum atomic E-state index is -0.400. The van der Waals surface area contributed by atoms with Gasteiger partial charge in [-0.15, -0.1) is 0 Å². The van der Waals surface area contributed by atoms with Gasteiger partial charge in [0, 0.05) is 13.1 Å². The Morgan fingerprint density at radius 2 is 1.83 bits per heavy atom. The van der Waals surface area contributed by atoms with Crippen molar-refractivity contribution in [1.82, 2.24) is 9.71 Å². The summed E-state index contributed by atoms with van der Waals surface area (Å²) in [7, 11) is -0.400. The Balaban J connectivity index is 2.00. The highest BCUT2D eigenvalue weighted by atomic mass is 16.2. The summed E-state index contributed by atoms with van der Waals surface area (Å²) < 4.78 is 0. The van der Waals surface area contributed by atoms with Gasteiger partial charge in [-0.3, -0.25) is 4.90 Å². The van der Waals surface area contributed by atoms with Crippen molar-refractivity contribution in [2.45, 2.75) is 38.0 Å². The maximum Gasteiger partial charge on any atom is 0.376 e. The van der Waals surface area contributed by atoms with E-state index in [1.807, 2.05) is 4.81 Å². The van der Waals surface area contributed by atoms with Gasteiger partial charge in [-0.1, -0.05) is 12.2 Å². The zero-order chi connectivity index (χ0) is 13.2. The van der Waals surface area contributed by atoms with Gasteiger partial charge in [0.05, 0.1) is 6.07 Å². The van der Waals surface area contributed by atoms with E-state index in [0.717, 1.165) is 51.9 Å². The van der Waals surface area contributed by atoms with E-state index in [9.17, 15) is 10.3 Å². The van der Waals surface area contributed by atoms with Crippen molar-refractivity contribution >= 4 is 7.05 Å². The van der Waals surface area contributed by atoms with E-state index in [1.54, 1.807) is 6.82 Å². The van der Waals surface area contributed by atoms with Gasteiger partial charge in [-0.05, 0) is 45.6 Å². The van der Waals surface area contributed by atoms with Crippen molar-refractivity contribution in [3.8, 4) is 6.07 Å². The molecule has 0 aromatic rings. The molecule has 0 aromatic carbocycles. The summed E-state index contributed by atoms with van der Waals surface area (Å²) in [6.45, 7) is 9.36. The zero-order valence-electron chi connectivity index (χ0n) is 11.2. The van der Waals surface area contributed by atoms with E-state index in [4.69, 9.17) is 0 Å². The smallest absolute Gasteiger partial charge is 0.376 e. The van der Waals surface area contributed by atoms with Gasteiger partial charge < -0.3 is 9.83 Å². The Labute approximate surface area is 110 Å². The van der Waals surface area contributed by atoms with Gasteiger partial charge >= 0.3 is 7.05 Å². The average molecular weight is 247 g/mol. The third-order valence-electron chi connectivity index (χ3n) is 4.44. The maximum absolute atomic E-state index is 9.59. The largest absolute Gasteiger partial charge is 0.437 e. The van der Waals surface area contributed by atoms with E-state index in [-0.39, 0.29) is 5.54 Å². The molecule has 2 heterocycles. The standard InChI is InChI=1S/C13H22BN3O/c1-12-3-7-16(8-4-12)13(11-15)5-9-17(10-6-13)14(2)18/h18H,1,3-10H2,2H3. The summed E-state index contributed by atoms with van der Waals surface area (Å²) >= 11 is 0. The van der Waals surface area contributed by atoms with Crippen LogP contribution in [0, 0.1) is 11.3 Å². The molecule has 2 aliphatic heterocycles. The summed E-state index contributed by atoms with van der Waals surface area (Å²) in [4.78, 5) is 4.37. The van der Waals surface area contributed by atoms with Gasteiger partial charge in [0.1, 0.15) is 5.54 Å². The minimum Gasteiger partial charge on any atom is -0.437 e. The highest BCUT2D eigenvalue weighted by Crippen LogP contribution is 2.31. The second-order valence-electron chi connectivity index (χ2n) is 5.55. The number of piperidine rings is 2. The van der Waals surface area contributed by atoms with E-state index in [2.05, 4.69) is 17.5 Å². The Morgan fingerprint density at radius 1 is 1.28 bits per heavy atom. The molecule has 2 rings (SSSR count). The third kappa shape index (κ3) is 2.61. The van der Waals surface area contributed by atoms with Gasteiger partial charge in [0.15, 0.2) is 0 Å². The quantitative estimate of drug-likeness (QED) is 0.586. The second kappa shape index (κ2) is 5.44. The van der Waals surface area contributed by atoms with Crippen LogP contribution in [-0.4, -0.2) is 53.5 Å². The van der Waals surface area contributed by atoms with Crippen molar-refractivity contribution < 1.29 is 5.02 Å². The molecule has 18 heavy (non-hydrogen) atoms. The molecule has 2 aliphatic rings. The first-order valence-corrected chi connectivity index (χ1v) is 6.82. The fraction of sp³-hybridized carbons (Fsp3) is 0.769. The summed E-state index contributed by atoms with van der Waals surface area (Å²) in [5.74, 6) is 0. The molecule has 1 N–H and O–H groups in total. The number of hydrogen-bond acceptors (Lipinski definition) is 4. The number of hydrogen-bond donors (Lipinski definition) is 1. The second-order valence-corrected chi connectivity index (χ2v) is 5.55. The normalized spacial score (nSPS) is 25.7. The Kier molecular flexibility index (Phi) is 4.11. The molecule has 0 atom stereocenters. The third-order valence-corrected chi connectivity index (χ3v) is 4.44. The topological polar surface area (TPSA) is 50.5 Å². The monoisotopic (exact) mass is 247 g/mol. The Hall–Kier alpha value is -0.825. The summed E-state index contributed by atoms with van der Waals surface area (Å²) in [5.41, 5.74) is 0.993. The van der Waals surface area contributed by atoms with Crippen LogP contribution in [0.4, 0.5) is 0 Å². The summed E-state index contributed by atoms with van der Waals surface area (Å²) in [5, 5.41) is 19.2. The van der Waals surface area contributed by atoms with Crippen LogP contribution in [-0.2, 0) is 0 Å². The molecule has 0 spiro atoms. The van der Waals surface area contributed by atoms with Gasteiger partial charge in [-0.25, -0.2) is 0 Å². The lowest BCUT2D eigenvalue weighted by molar-refractivity contribution is 0.0729. The maximum atomic E-state index is 9.59. The predicted octanol–water partition coefficient (Wildman–Crippen LogP) is 1.11. The highest BCUT2D eigenvalue weighted by Gasteiger charge is 2.41. The van der Waals surface area contributed by atoms with Crippen LogP contribution in [0.2, 0.25) is 6.82 Å². The minimum absolute atomic E-state index is 0.313. The number of nitrogens with zero attached hydrogens (tertiary/aromatic N) is 3. The number of likely N-dealkylation sites (tertiary alicyclic amines) is 1. The van der Waals surface area contributed by atoms with Crippen LogP contribution in [0.15, 0.2) is 12.2 Å². The summed E-state index contributed by atoms with van der Waals surface area (Å²) in [6, 6.07) is 2.55. The van der Waals surface area contributed by atoms with E-state index in [1.165, 1.54) is 5.57 Å². The molecule has 0 aliphatic carbocycles. The molecule has 0 radical (unpaired) electrons. The lowest BCUT2D eigenvalue weighted by Crippen LogP contribution is -2.58. The van der Waals surface area contributed by atoms with Crippen LogP contribution in [0.5, 0.6) is 0 Å². The van der Waals surface area contributed by atoms with E-state index < -0.39 is 7.05 Å². The molecule has 0 amide bonds. The van der Waals surface area contributed by atoms with E-state index >= 15 is 0 Å². The van der Waals surface area contributed by atoms with Gasteiger partial charge in [0.25, 0.3) is 0 Å². The zero-order valence-corrected chi connectivity index (χ0v) is 11.2. The van der Waals surface area contributed by atoms with Gasteiger partial charge in [-0.2, -0.15) is 5.26 Å². The van der Waals surface area contributed by atoms with Crippen molar-refractivity contribution in [3.63, 3.8) is 0 Å². The first-order valence-electron chi connectivity index (χ1n) is 6.82. The molecular weight excluding hydrogens is 225 g/mol. The molecule has 0 bridgehead atoms. The Bertz CT molecular complexity index is 346. The van der Waals surface area contributed by atoms with Crippen molar-refractivity contribution in [2.24, 2.45) is 0 Å². The molecular formula is C13H22BN3O. The van der Waals surface area contributed by atoms with E-state index in [0.29, 0.717) is 0 Å². The molecule has 0 unspecified atom stereocenters. The highest BCUT2D eigenvalue weighted by molar-refractivity contribution is 6.45. The molecule has 0 saturated carbocycles. The molecule has 2 saturated heterocycles. The van der Waals surface area contributed by atoms with Crippen LogP contribution >= 0.6 is 0 Å². The van der Waals surface area contributed by atoms with Crippen molar-refractivity contribution in [3.05, 3.63) is 12.2 Å². The first-order chi connectivity index (χ1) is 8.57. The van der Waals surface area contributed by atoms with Crippen molar-refractivity contribution in [1.29, 1.82) is 5.26 Å². The lowest BCUT2D eigenvalue weighted by atomic mass is 9.77. The predicted molar refractivity (Wildman–Crippen MR) is 72.9 cm³/mol. The first kappa shape index (κ1) is 13.6. The molecule has 2 fully saturated rings. The number of nitriles is 1. The van der Waals surface area contributed by atoms with Crippen LogP contribution in [0.25, 0.3) is 0 Å². The van der Waals surface area contributed by atoms with Crippen LogP contribution in [0.1, 0.15) is 25.7 Å². The number of rotatable bonds is 2. The Morgan fingerprint density at radius 3 is 2.28 bits per heavy atom. The molecule has 0 aromatic heterocycles. The lowest BCUT2D eigenvalue weighted by Gasteiger charge is -2.46. The van der Waals surface area contributed by atoms with Crippen LogP contribution < -0.4 is 0 Å². The fourth-order valence-corrected chi connectivity index (χ4v) is 3.02.